The van der Waals surface area contributed by atoms with Crippen molar-refractivity contribution in [1.82, 2.24) is 4.98 Å². The van der Waals surface area contributed by atoms with E-state index in [-0.39, 0.29) is 5.97 Å². The van der Waals surface area contributed by atoms with Crippen LogP contribution in [0.1, 0.15) is 37.9 Å². The Kier molecular flexibility index (Phi) is 4.87. The van der Waals surface area contributed by atoms with E-state index in [1.807, 2.05) is 13.8 Å². The van der Waals surface area contributed by atoms with Crippen LogP contribution >= 0.6 is 0 Å². The van der Waals surface area contributed by atoms with Crippen LogP contribution in [-0.4, -0.2) is 23.6 Å². The number of aromatic nitrogens is 1. The number of nitrogens with one attached hydrogen (secondary N) is 1. The smallest absolute Gasteiger partial charge is 0.331 e. The second-order valence-electron chi connectivity index (χ2n) is 4.66. The van der Waals surface area contributed by atoms with Crippen molar-refractivity contribution in [2.45, 2.75) is 39.2 Å². The van der Waals surface area contributed by atoms with Gasteiger partial charge in [-0.1, -0.05) is 13.3 Å². The molecule has 1 atom stereocenters. The molecule has 5 heteroatoms. The Hall–Kier alpha value is -2.09. The zero-order valence-corrected chi connectivity index (χ0v) is 11.8. The molecule has 0 aliphatic heterocycles. The quantitative estimate of drug-likeness (QED) is 0.824. The number of methoxy groups -OCH3 is 1. The number of nitrogens with zero attached hydrogens (tertiary/aromatic N) is 2. The average Bonchev–Trinajstić information content (AvgIpc) is 2.38. The first-order chi connectivity index (χ1) is 8.96. The molecule has 0 amide bonds. The van der Waals surface area contributed by atoms with Crippen LogP contribution < -0.4 is 5.32 Å². The zero-order valence-electron chi connectivity index (χ0n) is 11.8. The Morgan fingerprint density at radius 1 is 1.58 bits per heavy atom. The Morgan fingerprint density at radius 2 is 2.26 bits per heavy atom. The Labute approximate surface area is 113 Å². The minimum absolute atomic E-state index is 0.360. The van der Waals surface area contributed by atoms with Gasteiger partial charge >= 0.3 is 5.97 Å². The van der Waals surface area contributed by atoms with E-state index in [9.17, 15) is 4.79 Å². The first kappa shape index (κ1) is 15.0. The van der Waals surface area contributed by atoms with E-state index in [4.69, 9.17) is 10.00 Å². The molecule has 1 aromatic heterocycles. The minimum Gasteiger partial charge on any atom is -0.467 e. The number of nitriles is 1. The van der Waals surface area contributed by atoms with Crippen LogP contribution in [0.5, 0.6) is 0 Å². The molecule has 1 rings (SSSR count). The van der Waals surface area contributed by atoms with Crippen molar-refractivity contribution >= 4 is 11.8 Å². The molecule has 5 nitrogen and oxygen atoms in total. The van der Waals surface area contributed by atoms with Crippen LogP contribution in [0.2, 0.25) is 0 Å². The van der Waals surface area contributed by atoms with Crippen LogP contribution in [0.4, 0.5) is 5.82 Å². The topological polar surface area (TPSA) is 75.0 Å². The summed E-state index contributed by atoms with van der Waals surface area (Å²) in [4.78, 5) is 16.2. The van der Waals surface area contributed by atoms with Crippen molar-refractivity contribution in [2.75, 3.05) is 12.4 Å². The van der Waals surface area contributed by atoms with Crippen molar-refractivity contribution in [3.8, 4) is 6.07 Å². The molecule has 0 fully saturated rings. The van der Waals surface area contributed by atoms with E-state index in [0.29, 0.717) is 17.8 Å². The summed E-state index contributed by atoms with van der Waals surface area (Å²) in [5, 5.41) is 12.1. The van der Waals surface area contributed by atoms with Crippen molar-refractivity contribution in [3.05, 3.63) is 23.4 Å². The fourth-order valence-electron chi connectivity index (χ4n) is 1.94. The van der Waals surface area contributed by atoms with E-state index < -0.39 is 5.54 Å². The third-order valence-corrected chi connectivity index (χ3v) is 2.94. The summed E-state index contributed by atoms with van der Waals surface area (Å²) >= 11 is 0. The Balaban J connectivity index is 3.13. The third-order valence-electron chi connectivity index (χ3n) is 2.94. The SMILES string of the molecule is CCCC(C)(Nc1nc(C)ccc1C#N)C(=O)OC. The summed E-state index contributed by atoms with van der Waals surface area (Å²) in [7, 11) is 1.35. The Bertz CT molecular complexity index is 508. The number of esters is 1. The minimum atomic E-state index is -0.879. The molecular formula is C14H19N3O2. The summed E-state index contributed by atoms with van der Waals surface area (Å²) in [6.07, 6.45) is 1.41. The number of hydrogen-bond acceptors (Lipinski definition) is 5. The number of pyridine rings is 1. The van der Waals surface area contributed by atoms with Gasteiger partial charge in [-0.25, -0.2) is 9.78 Å². The Morgan fingerprint density at radius 3 is 2.79 bits per heavy atom. The molecule has 1 N–H and O–H groups in total. The third kappa shape index (κ3) is 3.44. The summed E-state index contributed by atoms with van der Waals surface area (Å²) in [6, 6.07) is 5.52. The first-order valence-electron chi connectivity index (χ1n) is 6.21. The van der Waals surface area contributed by atoms with E-state index in [0.717, 1.165) is 12.1 Å². The maximum absolute atomic E-state index is 11.9. The number of ether oxygens (including phenoxy) is 1. The van der Waals surface area contributed by atoms with Gasteiger partial charge in [-0.05, 0) is 32.4 Å². The van der Waals surface area contributed by atoms with Gasteiger partial charge < -0.3 is 10.1 Å². The highest BCUT2D eigenvalue weighted by atomic mass is 16.5. The van der Waals surface area contributed by atoms with Crippen molar-refractivity contribution in [2.24, 2.45) is 0 Å². The zero-order chi connectivity index (χ0) is 14.5. The molecule has 0 aromatic carbocycles. The van der Waals surface area contributed by atoms with Crippen molar-refractivity contribution in [3.63, 3.8) is 0 Å². The summed E-state index contributed by atoms with van der Waals surface area (Å²) in [6.45, 7) is 5.58. The summed E-state index contributed by atoms with van der Waals surface area (Å²) in [5.74, 6) is 0.0606. The van der Waals surface area contributed by atoms with E-state index in [1.54, 1.807) is 19.1 Å². The molecule has 0 spiro atoms. The number of aryl methyl sites for hydroxylation is 1. The van der Waals surface area contributed by atoms with E-state index >= 15 is 0 Å². The standard InChI is InChI=1S/C14H19N3O2/c1-5-8-14(3,13(18)19-4)17-12-11(9-15)7-6-10(2)16-12/h6-7H,5,8H2,1-4H3,(H,16,17). The molecule has 0 saturated heterocycles. The van der Waals surface area contributed by atoms with Gasteiger partial charge in [-0.3, -0.25) is 0 Å². The molecule has 1 heterocycles. The van der Waals surface area contributed by atoms with Gasteiger partial charge in [0.25, 0.3) is 0 Å². The molecule has 0 saturated carbocycles. The van der Waals surface area contributed by atoms with Crippen LogP contribution in [0.3, 0.4) is 0 Å². The fourth-order valence-corrected chi connectivity index (χ4v) is 1.94. The van der Waals surface area contributed by atoms with E-state index in [2.05, 4.69) is 16.4 Å². The van der Waals surface area contributed by atoms with Crippen LogP contribution in [0, 0.1) is 18.3 Å². The predicted molar refractivity (Wildman–Crippen MR) is 72.6 cm³/mol. The molecule has 1 aromatic rings. The number of hydrogen-bond donors (Lipinski definition) is 1. The second-order valence-corrected chi connectivity index (χ2v) is 4.66. The number of carbonyl (C=O) groups is 1. The van der Waals surface area contributed by atoms with Crippen LogP contribution in [-0.2, 0) is 9.53 Å². The lowest BCUT2D eigenvalue weighted by Crippen LogP contribution is -2.44. The first-order valence-corrected chi connectivity index (χ1v) is 6.21. The van der Waals surface area contributed by atoms with Crippen molar-refractivity contribution < 1.29 is 9.53 Å². The molecular weight excluding hydrogens is 242 g/mol. The van der Waals surface area contributed by atoms with Gasteiger partial charge in [0.15, 0.2) is 0 Å². The highest BCUT2D eigenvalue weighted by Crippen LogP contribution is 2.23. The summed E-state index contributed by atoms with van der Waals surface area (Å²) < 4.78 is 4.83. The molecule has 19 heavy (non-hydrogen) atoms. The van der Waals surface area contributed by atoms with Gasteiger partial charge in [0.2, 0.25) is 0 Å². The van der Waals surface area contributed by atoms with Gasteiger partial charge in [-0.15, -0.1) is 0 Å². The lowest BCUT2D eigenvalue weighted by atomic mass is 9.96. The molecule has 0 bridgehead atoms. The van der Waals surface area contributed by atoms with Crippen LogP contribution in [0.25, 0.3) is 0 Å². The maximum atomic E-state index is 11.9. The van der Waals surface area contributed by atoms with Gasteiger partial charge in [-0.2, -0.15) is 5.26 Å². The molecule has 0 radical (unpaired) electrons. The largest absolute Gasteiger partial charge is 0.467 e. The van der Waals surface area contributed by atoms with E-state index in [1.165, 1.54) is 7.11 Å². The normalized spacial score (nSPS) is 13.2. The monoisotopic (exact) mass is 261 g/mol. The highest BCUT2D eigenvalue weighted by Gasteiger charge is 2.34. The number of rotatable bonds is 5. The maximum Gasteiger partial charge on any atom is 0.331 e. The fraction of sp³-hybridized carbons (Fsp3) is 0.500. The summed E-state index contributed by atoms with van der Waals surface area (Å²) in [5.41, 5.74) is 0.317. The average molecular weight is 261 g/mol. The van der Waals surface area contributed by atoms with Gasteiger partial charge in [0.05, 0.1) is 12.7 Å². The molecule has 102 valence electrons. The molecule has 1 unspecified atom stereocenters. The van der Waals surface area contributed by atoms with Crippen molar-refractivity contribution in [1.29, 1.82) is 5.26 Å². The van der Waals surface area contributed by atoms with Crippen LogP contribution in [0.15, 0.2) is 12.1 Å². The molecule has 0 aliphatic carbocycles. The highest BCUT2D eigenvalue weighted by molar-refractivity contribution is 5.84. The predicted octanol–water partition coefficient (Wildman–Crippen LogP) is 2.41. The number of carbonyl (C=O) groups excluding carboxylic acids is 1. The number of anilines is 1. The second kappa shape index (κ2) is 6.19. The lowest BCUT2D eigenvalue weighted by Gasteiger charge is -2.28. The van der Waals surface area contributed by atoms with Gasteiger partial charge in [0.1, 0.15) is 17.4 Å². The van der Waals surface area contributed by atoms with Gasteiger partial charge in [0, 0.05) is 5.69 Å². The lowest BCUT2D eigenvalue weighted by molar-refractivity contribution is -0.145. The molecule has 0 aliphatic rings.